The van der Waals surface area contributed by atoms with Gasteiger partial charge in [-0.3, -0.25) is 9.59 Å². The molecule has 0 spiro atoms. The Hall–Kier alpha value is -4.38. The van der Waals surface area contributed by atoms with Crippen LogP contribution in [0.3, 0.4) is 0 Å². The number of carbonyl (C=O) groups excluding carboxylic acids is 2. The van der Waals surface area contributed by atoms with E-state index >= 15 is 0 Å². The molecular formula is C32H30N2O3. The molecule has 37 heavy (non-hydrogen) atoms. The molecule has 186 valence electrons. The fourth-order valence-corrected chi connectivity index (χ4v) is 4.66. The van der Waals surface area contributed by atoms with Gasteiger partial charge >= 0.3 is 0 Å². The minimum Gasteiger partial charge on any atom is -0.484 e. The summed E-state index contributed by atoms with van der Waals surface area (Å²) >= 11 is 0. The van der Waals surface area contributed by atoms with Crippen molar-refractivity contribution in [3.05, 3.63) is 131 Å². The lowest BCUT2D eigenvalue weighted by molar-refractivity contribution is -0.131. The second kappa shape index (κ2) is 11.6. The van der Waals surface area contributed by atoms with E-state index in [9.17, 15) is 9.59 Å². The zero-order valence-electron chi connectivity index (χ0n) is 20.8. The third-order valence-electron chi connectivity index (χ3n) is 6.65. The first-order chi connectivity index (χ1) is 18.2. The number of carbonyl (C=O) groups is 2. The summed E-state index contributed by atoms with van der Waals surface area (Å²) in [7, 11) is 0. The van der Waals surface area contributed by atoms with Gasteiger partial charge in [0.05, 0.1) is 13.0 Å². The molecule has 0 aromatic heterocycles. The summed E-state index contributed by atoms with van der Waals surface area (Å²) < 4.78 is 5.76. The number of hydrogen-bond donors (Lipinski definition) is 0. The maximum Gasteiger partial charge on any atom is 0.265 e. The van der Waals surface area contributed by atoms with Gasteiger partial charge in [0, 0.05) is 18.8 Å². The van der Waals surface area contributed by atoms with Crippen molar-refractivity contribution in [3.63, 3.8) is 0 Å². The van der Waals surface area contributed by atoms with E-state index in [1.165, 1.54) is 11.1 Å². The first-order valence-electron chi connectivity index (χ1n) is 12.6. The van der Waals surface area contributed by atoms with Crippen molar-refractivity contribution >= 4 is 17.5 Å². The van der Waals surface area contributed by atoms with Crippen molar-refractivity contribution in [2.45, 2.75) is 25.9 Å². The van der Waals surface area contributed by atoms with Crippen LogP contribution >= 0.6 is 0 Å². The van der Waals surface area contributed by atoms with Gasteiger partial charge < -0.3 is 14.5 Å². The van der Waals surface area contributed by atoms with Gasteiger partial charge in [0.15, 0.2) is 6.61 Å². The lowest BCUT2D eigenvalue weighted by Crippen LogP contribution is -2.37. The van der Waals surface area contributed by atoms with Crippen LogP contribution in [0.2, 0.25) is 0 Å². The summed E-state index contributed by atoms with van der Waals surface area (Å²) in [5, 5.41) is 0. The molecule has 0 saturated carbocycles. The topological polar surface area (TPSA) is 49.9 Å². The summed E-state index contributed by atoms with van der Waals surface area (Å²) in [6.45, 7) is 1.71. The Morgan fingerprint density at radius 3 is 2.22 bits per heavy atom. The summed E-state index contributed by atoms with van der Waals surface area (Å²) in [5.41, 5.74) is 5.19. The molecular weight excluding hydrogens is 460 g/mol. The van der Waals surface area contributed by atoms with Gasteiger partial charge in [0.1, 0.15) is 5.75 Å². The van der Waals surface area contributed by atoms with Crippen molar-refractivity contribution in [2.24, 2.45) is 0 Å². The Balaban J connectivity index is 1.31. The van der Waals surface area contributed by atoms with Crippen LogP contribution in [0, 0.1) is 0 Å². The van der Waals surface area contributed by atoms with E-state index in [0.717, 1.165) is 29.8 Å². The highest BCUT2D eigenvalue weighted by molar-refractivity contribution is 5.94. The molecule has 1 aliphatic rings. The quantitative estimate of drug-likeness (QED) is 0.331. The number of hydrogen-bond acceptors (Lipinski definition) is 3. The average molecular weight is 491 g/mol. The lowest BCUT2D eigenvalue weighted by Gasteiger charge is -2.29. The van der Waals surface area contributed by atoms with Crippen LogP contribution in [0.4, 0.5) is 5.69 Å². The third kappa shape index (κ3) is 6.25. The van der Waals surface area contributed by atoms with Crippen LogP contribution in [0.1, 0.15) is 22.3 Å². The number of ether oxygens (including phenoxy) is 1. The molecule has 0 radical (unpaired) electrons. The van der Waals surface area contributed by atoms with Crippen LogP contribution in [0.5, 0.6) is 5.75 Å². The van der Waals surface area contributed by atoms with E-state index in [-0.39, 0.29) is 18.4 Å². The van der Waals surface area contributed by atoms with Gasteiger partial charge in [-0.05, 0) is 52.9 Å². The van der Waals surface area contributed by atoms with Crippen molar-refractivity contribution in [3.8, 4) is 5.75 Å². The minimum atomic E-state index is -0.149. The van der Waals surface area contributed by atoms with E-state index in [1.54, 1.807) is 4.90 Å². The maximum atomic E-state index is 13.3. The molecule has 0 bridgehead atoms. The maximum absolute atomic E-state index is 13.3. The molecule has 0 unspecified atom stereocenters. The van der Waals surface area contributed by atoms with E-state index in [2.05, 4.69) is 18.2 Å². The molecule has 0 N–H and O–H groups in total. The number of benzene rings is 4. The largest absolute Gasteiger partial charge is 0.484 e. The fourth-order valence-electron chi connectivity index (χ4n) is 4.66. The molecule has 1 heterocycles. The molecule has 0 aliphatic carbocycles. The first-order valence-corrected chi connectivity index (χ1v) is 12.6. The van der Waals surface area contributed by atoms with E-state index in [4.69, 9.17) is 4.74 Å². The molecule has 0 atom stereocenters. The molecule has 4 aromatic rings. The number of amides is 2. The summed E-state index contributed by atoms with van der Waals surface area (Å²) in [5.74, 6) is 0.599. The summed E-state index contributed by atoms with van der Waals surface area (Å²) in [6.07, 6.45) is 1.17. The van der Waals surface area contributed by atoms with Gasteiger partial charge in [-0.1, -0.05) is 84.9 Å². The molecule has 2 amide bonds. The minimum absolute atomic E-state index is 0.0762. The highest BCUT2D eigenvalue weighted by atomic mass is 16.5. The standard InChI is InChI=1S/C32H30N2O3/c35-31(33-19-18-27-13-7-8-14-28(27)23-33)21-26-12-9-15-29(20-26)34(22-25-10-3-1-4-11-25)32(36)24-37-30-16-5-2-6-17-30/h1-17,20H,18-19,21-24H2. The van der Waals surface area contributed by atoms with Crippen molar-refractivity contribution in [1.29, 1.82) is 0 Å². The van der Waals surface area contributed by atoms with Crippen molar-refractivity contribution in [1.82, 2.24) is 4.90 Å². The Morgan fingerprint density at radius 2 is 1.43 bits per heavy atom. The molecule has 0 saturated heterocycles. The van der Waals surface area contributed by atoms with Gasteiger partial charge in [-0.2, -0.15) is 0 Å². The SMILES string of the molecule is O=C(Cc1cccc(N(Cc2ccccc2)C(=O)COc2ccccc2)c1)N1CCc2ccccc2C1. The second-order valence-corrected chi connectivity index (χ2v) is 9.25. The number of para-hydroxylation sites is 1. The van der Waals surface area contributed by atoms with Crippen LogP contribution < -0.4 is 9.64 Å². The van der Waals surface area contributed by atoms with Gasteiger partial charge in [-0.15, -0.1) is 0 Å². The number of anilines is 1. The zero-order valence-corrected chi connectivity index (χ0v) is 20.8. The van der Waals surface area contributed by atoms with Gasteiger partial charge in [0.2, 0.25) is 5.91 Å². The lowest BCUT2D eigenvalue weighted by atomic mass is 9.99. The van der Waals surface area contributed by atoms with Gasteiger partial charge in [0.25, 0.3) is 5.91 Å². The fraction of sp³-hybridized carbons (Fsp3) is 0.188. The number of rotatable bonds is 8. The molecule has 4 aromatic carbocycles. The van der Waals surface area contributed by atoms with Gasteiger partial charge in [-0.25, -0.2) is 0 Å². The third-order valence-corrected chi connectivity index (χ3v) is 6.65. The van der Waals surface area contributed by atoms with Crippen LogP contribution in [0.25, 0.3) is 0 Å². The monoisotopic (exact) mass is 490 g/mol. The number of nitrogens with zero attached hydrogens (tertiary/aromatic N) is 2. The van der Waals surface area contributed by atoms with Crippen molar-refractivity contribution < 1.29 is 14.3 Å². The van der Waals surface area contributed by atoms with E-state index in [0.29, 0.717) is 25.3 Å². The highest BCUT2D eigenvalue weighted by Gasteiger charge is 2.22. The molecule has 5 nitrogen and oxygen atoms in total. The number of fused-ring (bicyclic) bond motifs is 1. The summed E-state index contributed by atoms with van der Waals surface area (Å²) in [4.78, 5) is 30.2. The molecule has 1 aliphatic heterocycles. The second-order valence-electron chi connectivity index (χ2n) is 9.25. The van der Waals surface area contributed by atoms with Crippen LogP contribution in [0.15, 0.2) is 109 Å². The Labute approximate surface area is 217 Å². The molecule has 5 rings (SSSR count). The van der Waals surface area contributed by atoms with Crippen molar-refractivity contribution in [2.75, 3.05) is 18.1 Å². The molecule has 0 fully saturated rings. The van der Waals surface area contributed by atoms with Crippen LogP contribution in [-0.4, -0.2) is 29.9 Å². The smallest absolute Gasteiger partial charge is 0.265 e. The predicted molar refractivity (Wildman–Crippen MR) is 145 cm³/mol. The Morgan fingerprint density at radius 1 is 0.757 bits per heavy atom. The predicted octanol–water partition coefficient (Wildman–Crippen LogP) is 5.43. The molecule has 5 heteroatoms. The van der Waals surface area contributed by atoms with E-state index < -0.39 is 0 Å². The Kier molecular flexibility index (Phi) is 7.60. The van der Waals surface area contributed by atoms with Crippen LogP contribution in [-0.2, 0) is 35.5 Å². The highest BCUT2D eigenvalue weighted by Crippen LogP contribution is 2.23. The average Bonchev–Trinajstić information content (AvgIpc) is 2.95. The normalized spacial score (nSPS) is 12.5. The Bertz CT molecular complexity index is 1350. The zero-order chi connectivity index (χ0) is 25.5. The van der Waals surface area contributed by atoms with E-state index in [1.807, 2.05) is 95.9 Å². The summed E-state index contributed by atoms with van der Waals surface area (Å²) in [6, 6.07) is 35.2. The first kappa shape index (κ1) is 24.3.